The molecule has 2 rings (SSSR count). The predicted molar refractivity (Wildman–Crippen MR) is 86.0 cm³/mol. The summed E-state index contributed by atoms with van der Waals surface area (Å²) in [4.78, 5) is 1.14. The van der Waals surface area contributed by atoms with Gasteiger partial charge in [0.1, 0.15) is 0 Å². The van der Waals surface area contributed by atoms with Gasteiger partial charge in [0, 0.05) is 20.1 Å². The van der Waals surface area contributed by atoms with Crippen molar-refractivity contribution in [2.24, 2.45) is 0 Å². The van der Waals surface area contributed by atoms with E-state index in [4.69, 9.17) is 11.6 Å². The molecular formula is C15H14BrClOS. The standard InChI is InChI=1S/C15H14BrClOS/c1-10-2-3-11(8-14(10)17)15(18)9-19-13-6-4-12(16)5-7-13/h2-8,15,18H,9H2,1H3. The molecule has 4 heteroatoms. The zero-order chi connectivity index (χ0) is 13.8. The molecule has 100 valence electrons. The summed E-state index contributed by atoms with van der Waals surface area (Å²) in [7, 11) is 0. The monoisotopic (exact) mass is 356 g/mol. The van der Waals surface area contributed by atoms with Crippen LogP contribution in [-0.4, -0.2) is 10.9 Å². The van der Waals surface area contributed by atoms with Gasteiger partial charge in [-0.05, 0) is 48.4 Å². The largest absolute Gasteiger partial charge is 0.388 e. The fourth-order valence-electron chi connectivity index (χ4n) is 1.62. The zero-order valence-electron chi connectivity index (χ0n) is 10.4. The van der Waals surface area contributed by atoms with Crippen molar-refractivity contribution >= 4 is 39.3 Å². The van der Waals surface area contributed by atoms with Gasteiger partial charge in [-0.1, -0.05) is 39.7 Å². The Morgan fingerprint density at radius 1 is 1.21 bits per heavy atom. The number of hydrogen-bond donors (Lipinski definition) is 1. The molecule has 1 N–H and O–H groups in total. The number of hydrogen-bond acceptors (Lipinski definition) is 2. The molecule has 0 saturated carbocycles. The third-order valence-corrected chi connectivity index (χ3v) is 4.83. The maximum atomic E-state index is 10.2. The summed E-state index contributed by atoms with van der Waals surface area (Å²) < 4.78 is 1.06. The molecule has 0 heterocycles. The molecule has 0 aromatic heterocycles. The molecule has 0 aliphatic rings. The summed E-state index contributed by atoms with van der Waals surface area (Å²) in [6.45, 7) is 1.95. The molecule has 1 unspecified atom stereocenters. The van der Waals surface area contributed by atoms with Crippen LogP contribution in [-0.2, 0) is 0 Å². The van der Waals surface area contributed by atoms with Gasteiger partial charge in [0.25, 0.3) is 0 Å². The lowest BCUT2D eigenvalue weighted by Crippen LogP contribution is -2.00. The number of aryl methyl sites for hydroxylation is 1. The van der Waals surface area contributed by atoms with Crippen LogP contribution < -0.4 is 0 Å². The Bertz CT molecular complexity index is 557. The summed E-state index contributed by atoms with van der Waals surface area (Å²) in [6.07, 6.45) is -0.508. The Labute approximate surface area is 131 Å². The first-order chi connectivity index (χ1) is 9.06. The quantitative estimate of drug-likeness (QED) is 0.755. The summed E-state index contributed by atoms with van der Waals surface area (Å²) in [5.74, 6) is 0.612. The third-order valence-electron chi connectivity index (χ3n) is 2.80. The minimum Gasteiger partial charge on any atom is -0.388 e. The van der Waals surface area contributed by atoms with Crippen molar-refractivity contribution in [3.05, 3.63) is 63.1 Å². The molecular weight excluding hydrogens is 344 g/mol. The van der Waals surface area contributed by atoms with Crippen molar-refractivity contribution < 1.29 is 5.11 Å². The molecule has 2 aromatic rings. The first-order valence-corrected chi connectivity index (χ1v) is 8.04. The number of rotatable bonds is 4. The summed E-state index contributed by atoms with van der Waals surface area (Å²) in [5, 5.41) is 10.9. The van der Waals surface area contributed by atoms with E-state index in [0.717, 1.165) is 20.5 Å². The van der Waals surface area contributed by atoms with Crippen molar-refractivity contribution in [2.45, 2.75) is 17.9 Å². The minimum absolute atomic E-state index is 0.508. The van der Waals surface area contributed by atoms with E-state index >= 15 is 0 Å². The van der Waals surface area contributed by atoms with Crippen molar-refractivity contribution in [1.82, 2.24) is 0 Å². The van der Waals surface area contributed by atoms with Gasteiger partial charge in [-0.3, -0.25) is 0 Å². The van der Waals surface area contributed by atoms with Crippen LogP contribution in [0.5, 0.6) is 0 Å². The Morgan fingerprint density at radius 3 is 2.53 bits per heavy atom. The number of halogens is 2. The van der Waals surface area contributed by atoms with E-state index in [1.165, 1.54) is 0 Å². The summed E-state index contributed by atoms with van der Waals surface area (Å²) >= 11 is 11.1. The molecule has 1 atom stereocenters. The van der Waals surface area contributed by atoms with E-state index in [-0.39, 0.29) is 0 Å². The highest BCUT2D eigenvalue weighted by Gasteiger charge is 2.09. The molecule has 0 amide bonds. The fraction of sp³-hybridized carbons (Fsp3) is 0.200. The van der Waals surface area contributed by atoms with Crippen molar-refractivity contribution in [2.75, 3.05) is 5.75 Å². The van der Waals surface area contributed by atoms with E-state index in [0.29, 0.717) is 10.8 Å². The topological polar surface area (TPSA) is 20.2 Å². The lowest BCUT2D eigenvalue weighted by Gasteiger charge is -2.12. The van der Waals surface area contributed by atoms with Crippen LogP contribution >= 0.6 is 39.3 Å². The Hall–Kier alpha value is -0.480. The van der Waals surface area contributed by atoms with E-state index in [1.54, 1.807) is 11.8 Å². The lowest BCUT2D eigenvalue weighted by molar-refractivity contribution is 0.204. The highest BCUT2D eigenvalue weighted by Crippen LogP contribution is 2.27. The van der Waals surface area contributed by atoms with Crippen molar-refractivity contribution in [3.8, 4) is 0 Å². The second-order valence-corrected chi connectivity index (χ2v) is 6.71. The molecule has 19 heavy (non-hydrogen) atoms. The molecule has 0 aliphatic heterocycles. The summed E-state index contributed by atoms with van der Waals surface area (Å²) in [6, 6.07) is 13.8. The van der Waals surface area contributed by atoms with Gasteiger partial charge in [0.15, 0.2) is 0 Å². The smallest absolute Gasteiger partial charge is 0.0884 e. The Kier molecular flexibility index (Phi) is 5.34. The fourth-order valence-corrected chi connectivity index (χ4v) is 2.94. The molecule has 1 nitrogen and oxygen atoms in total. The zero-order valence-corrected chi connectivity index (χ0v) is 13.6. The highest BCUT2D eigenvalue weighted by molar-refractivity contribution is 9.10. The second kappa shape index (κ2) is 6.80. The number of thioether (sulfide) groups is 1. The van der Waals surface area contributed by atoms with Gasteiger partial charge in [-0.2, -0.15) is 0 Å². The van der Waals surface area contributed by atoms with Crippen LogP contribution in [0.3, 0.4) is 0 Å². The van der Waals surface area contributed by atoms with Crippen LogP contribution in [0.2, 0.25) is 5.02 Å². The Balaban J connectivity index is 1.98. The molecule has 0 radical (unpaired) electrons. The number of benzene rings is 2. The van der Waals surface area contributed by atoms with E-state index in [2.05, 4.69) is 15.9 Å². The van der Waals surface area contributed by atoms with Crippen LogP contribution in [0.25, 0.3) is 0 Å². The molecule has 0 aliphatic carbocycles. The van der Waals surface area contributed by atoms with E-state index in [9.17, 15) is 5.11 Å². The highest BCUT2D eigenvalue weighted by atomic mass is 79.9. The van der Waals surface area contributed by atoms with Crippen LogP contribution in [0, 0.1) is 6.92 Å². The predicted octanol–water partition coefficient (Wildman–Crippen LogP) is 5.24. The average molecular weight is 358 g/mol. The molecule has 0 bridgehead atoms. The maximum absolute atomic E-state index is 10.2. The Morgan fingerprint density at radius 2 is 1.89 bits per heavy atom. The second-order valence-electron chi connectivity index (χ2n) is 4.29. The van der Waals surface area contributed by atoms with Gasteiger partial charge in [-0.15, -0.1) is 11.8 Å². The van der Waals surface area contributed by atoms with Crippen LogP contribution in [0.4, 0.5) is 0 Å². The average Bonchev–Trinajstić information content (AvgIpc) is 2.41. The van der Waals surface area contributed by atoms with Crippen molar-refractivity contribution in [1.29, 1.82) is 0 Å². The lowest BCUT2D eigenvalue weighted by atomic mass is 10.1. The molecule has 2 aromatic carbocycles. The SMILES string of the molecule is Cc1ccc(C(O)CSc2ccc(Br)cc2)cc1Cl. The van der Waals surface area contributed by atoms with Crippen LogP contribution in [0.1, 0.15) is 17.2 Å². The summed E-state index contributed by atoms with van der Waals surface area (Å²) in [5.41, 5.74) is 1.89. The van der Waals surface area contributed by atoms with Gasteiger partial charge in [-0.25, -0.2) is 0 Å². The normalized spacial score (nSPS) is 12.4. The number of aliphatic hydroxyl groups is 1. The molecule has 0 spiro atoms. The van der Waals surface area contributed by atoms with Crippen LogP contribution in [0.15, 0.2) is 51.8 Å². The van der Waals surface area contributed by atoms with Gasteiger partial charge >= 0.3 is 0 Å². The number of aliphatic hydroxyl groups excluding tert-OH is 1. The third kappa shape index (κ3) is 4.25. The van der Waals surface area contributed by atoms with Gasteiger partial charge in [0.2, 0.25) is 0 Å². The first-order valence-electron chi connectivity index (χ1n) is 5.89. The minimum atomic E-state index is -0.508. The van der Waals surface area contributed by atoms with E-state index < -0.39 is 6.10 Å². The maximum Gasteiger partial charge on any atom is 0.0884 e. The molecule has 0 fully saturated rings. The molecule has 0 saturated heterocycles. The van der Waals surface area contributed by atoms with E-state index in [1.807, 2.05) is 49.4 Å². The first kappa shape index (κ1) is 14.9. The van der Waals surface area contributed by atoms with Gasteiger partial charge in [0.05, 0.1) is 6.10 Å². The van der Waals surface area contributed by atoms with Crippen molar-refractivity contribution in [3.63, 3.8) is 0 Å². The van der Waals surface area contributed by atoms with Gasteiger partial charge < -0.3 is 5.11 Å².